The van der Waals surface area contributed by atoms with E-state index in [1.807, 2.05) is 0 Å². The number of likely N-dealkylation sites (N-methyl/N-ethyl adjacent to an activating group) is 1. The zero-order valence-electron chi connectivity index (χ0n) is 25.9. The average Bonchev–Trinajstić information content (AvgIpc) is 3.47. The van der Waals surface area contributed by atoms with Crippen molar-refractivity contribution in [2.75, 3.05) is 13.1 Å². The summed E-state index contributed by atoms with van der Waals surface area (Å²) in [7, 11) is 0. The number of hydrogen-bond donors (Lipinski definition) is 5. The summed E-state index contributed by atoms with van der Waals surface area (Å²) in [5.74, 6) is -6.25. The summed E-state index contributed by atoms with van der Waals surface area (Å²) in [4.78, 5) is 52.1. The van der Waals surface area contributed by atoms with Gasteiger partial charge in [0.1, 0.15) is 6.04 Å². The Hall–Kier alpha value is -4.26. The van der Waals surface area contributed by atoms with Crippen LogP contribution in [-0.4, -0.2) is 60.2 Å². The van der Waals surface area contributed by atoms with Crippen LogP contribution < -0.4 is 21.3 Å². The Labute approximate surface area is 286 Å². The molecule has 2 unspecified atom stereocenters. The van der Waals surface area contributed by atoms with Crippen molar-refractivity contribution in [3.05, 3.63) is 106 Å². The van der Waals surface area contributed by atoms with Gasteiger partial charge in [0.15, 0.2) is 12.2 Å². The van der Waals surface area contributed by atoms with E-state index in [1.54, 1.807) is 37.3 Å². The van der Waals surface area contributed by atoms with Crippen molar-refractivity contribution in [2.45, 2.75) is 56.4 Å². The van der Waals surface area contributed by atoms with E-state index in [0.717, 1.165) is 12.1 Å². The predicted molar refractivity (Wildman–Crippen MR) is 175 cm³/mol. The number of ether oxygens (including phenoxy) is 1. The summed E-state index contributed by atoms with van der Waals surface area (Å²) in [6, 6.07) is 16.1. The SMILES string of the molecule is CCNC(=O)C(O)[C@H](C[C@@H]1CCNC1=O)NC(=O)[C@H](Cc1ccc(Cl)cc1)NC(=O)OC(c1ccccc1)C(F)(F)c1cccc(Cl)c1. The largest absolute Gasteiger partial charge is 0.434 e. The van der Waals surface area contributed by atoms with Gasteiger partial charge in [0, 0.05) is 41.0 Å². The second-order valence-electron chi connectivity index (χ2n) is 11.3. The first-order valence-corrected chi connectivity index (χ1v) is 16.1. The van der Waals surface area contributed by atoms with Crippen LogP contribution in [0, 0.1) is 5.92 Å². The second kappa shape index (κ2) is 16.7. The molecule has 0 radical (unpaired) electrons. The van der Waals surface area contributed by atoms with Crippen molar-refractivity contribution in [2.24, 2.45) is 5.92 Å². The highest BCUT2D eigenvalue weighted by Crippen LogP contribution is 2.43. The maximum Gasteiger partial charge on any atom is 0.408 e. The van der Waals surface area contributed by atoms with E-state index in [9.17, 15) is 24.3 Å². The molecule has 1 saturated heterocycles. The summed E-state index contributed by atoms with van der Waals surface area (Å²) in [5, 5.41) is 21.5. The number of aliphatic hydroxyl groups is 1. The number of nitrogens with one attached hydrogen (secondary N) is 4. The molecule has 3 aromatic rings. The fourth-order valence-corrected chi connectivity index (χ4v) is 5.68. The minimum Gasteiger partial charge on any atom is -0.434 e. The molecule has 1 fully saturated rings. The monoisotopic (exact) mass is 704 g/mol. The fourth-order valence-electron chi connectivity index (χ4n) is 5.36. The number of carbonyl (C=O) groups is 4. The van der Waals surface area contributed by atoms with Crippen LogP contribution in [0.5, 0.6) is 0 Å². The Balaban J connectivity index is 1.61. The molecule has 0 spiro atoms. The van der Waals surface area contributed by atoms with Gasteiger partial charge in [-0.2, -0.15) is 8.78 Å². The second-order valence-corrected chi connectivity index (χ2v) is 12.2. The molecule has 4 rings (SSSR count). The molecule has 1 aliphatic rings. The predicted octanol–water partition coefficient (Wildman–Crippen LogP) is 4.67. The van der Waals surface area contributed by atoms with Gasteiger partial charge in [-0.3, -0.25) is 14.4 Å². The molecule has 14 heteroatoms. The minimum absolute atomic E-state index is 0.0173. The number of alkyl carbamates (subject to hydrolysis) is 1. The summed E-state index contributed by atoms with van der Waals surface area (Å²) in [6.07, 6.45) is -4.99. The fraction of sp³-hybridized carbons (Fsp3) is 0.353. The number of hydrogen-bond acceptors (Lipinski definition) is 6. The van der Waals surface area contributed by atoms with E-state index < -0.39 is 59.6 Å². The number of carbonyl (C=O) groups excluding carboxylic acids is 4. The standard InChI is InChI=1S/C34H36Cl2F2N4O6/c1-2-39-32(46)28(43)26(18-22-15-16-40-30(22)44)41-31(45)27(17-20-11-13-24(35)14-12-20)42-33(47)48-29(21-7-4-3-5-8-21)34(37,38)23-9-6-10-25(36)19-23/h3-14,19,22,26-29,43H,2,15-18H2,1H3,(H,39,46)(H,40,44)(H,41,45)(H,42,47)/t22-,26-,27-,28?,29?/m0/s1. The molecule has 0 saturated carbocycles. The molecule has 0 bridgehead atoms. The van der Waals surface area contributed by atoms with E-state index in [-0.39, 0.29) is 35.9 Å². The molecule has 3 aromatic carbocycles. The van der Waals surface area contributed by atoms with Gasteiger partial charge in [0.2, 0.25) is 11.8 Å². The van der Waals surface area contributed by atoms with Gasteiger partial charge in [0.05, 0.1) is 6.04 Å². The van der Waals surface area contributed by atoms with Crippen LogP contribution in [0.1, 0.15) is 42.6 Å². The van der Waals surface area contributed by atoms with Gasteiger partial charge in [-0.05, 0) is 55.2 Å². The van der Waals surface area contributed by atoms with Crippen molar-refractivity contribution >= 4 is 47.0 Å². The molecule has 0 aromatic heterocycles. The smallest absolute Gasteiger partial charge is 0.408 e. The van der Waals surface area contributed by atoms with Gasteiger partial charge < -0.3 is 31.1 Å². The van der Waals surface area contributed by atoms with E-state index in [2.05, 4.69) is 21.3 Å². The molecule has 48 heavy (non-hydrogen) atoms. The van der Waals surface area contributed by atoms with Gasteiger partial charge in [-0.15, -0.1) is 0 Å². The number of aliphatic hydroxyl groups excluding tert-OH is 1. The van der Waals surface area contributed by atoms with Crippen LogP contribution in [0.4, 0.5) is 13.6 Å². The van der Waals surface area contributed by atoms with Crippen molar-refractivity contribution in [3.63, 3.8) is 0 Å². The number of halogens is 4. The Morgan fingerprint density at radius 1 is 0.979 bits per heavy atom. The lowest BCUT2D eigenvalue weighted by Crippen LogP contribution is -2.56. The number of alkyl halides is 2. The highest BCUT2D eigenvalue weighted by molar-refractivity contribution is 6.30. The first-order valence-electron chi connectivity index (χ1n) is 15.3. The van der Waals surface area contributed by atoms with Gasteiger partial charge in [0.25, 0.3) is 5.91 Å². The van der Waals surface area contributed by atoms with Gasteiger partial charge in [-0.25, -0.2) is 4.79 Å². The summed E-state index contributed by atoms with van der Waals surface area (Å²) in [5.41, 5.74) is 0.0289. The van der Waals surface area contributed by atoms with Crippen LogP contribution in [-0.2, 0) is 31.5 Å². The molecular weight excluding hydrogens is 669 g/mol. The van der Waals surface area contributed by atoms with Gasteiger partial charge in [-0.1, -0.05) is 77.8 Å². The first-order chi connectivity index (χ1) is 22.9. The molecule has 0 aliphatic carbocycles. The molecular formula is C34H36Cl2F2N4O6. The number of rotatable bonds is 14. The van der Waals surface area contributed by atoms with E-state index in [0.29, 0.717) is 23.6 Å². The Bertz CT molecular complexity index is 1580. The lowest BCUT2D eigenvalue weighted by molar-refractivity contribution is -0.134. The average molecular weight is 706 g/mol. The van der Waals surface area contributed by atoms with Crippen molar-refractivity contribution in [1.82, 2.24) is 21.3 Å². The van der Waals surface area contributed by atoms with E-state index in [4.69, 9.17) is 27.9 Å². The zero-order chi connectivity index (χ0) is 34.8. The van der Waals surface area contributed by atoms with Crippen molar-refractivity contribution < 1.29 is 37.8 Å². The summed E-state index contributed by atoms with van der Waals surface area (Å²) in [6.45, 7) is 2.25. The summed E-state index contributed by atoms with van der Waals surface area (Å²) < 4.78 is 37.4. The lowest BCUT2D eigenvalue weighted by Gasteiger charge is -2.30. The number of benzene rings is 3. The molecule has 5 N–H and O–H groups in total. The third-order valence-corrected chi connectivity index (χ3v) is 8.34. The third kappa shape index (κ3) is 9.65. The van der Waals surface area contributed by atoms with E-state index in [1.165, 1.54) is 36.4 Å². The van der Waals surface area contributed by atoms with Crippen LogP contribution in [0.15, 0.2) is 78.9 Å². The van der Waals surface area contributed by atoms with Crippen molar-refractivity contribution in [3.8, 4) is 0 Å². The van der Waals surface area contributed by atoms with Crippen LogP contribution in [0.3, 0.4) is 0 Å². The van der Waals surface area contributed by atoms with Gasteiger partial charge >= 0.3 is 12.0 Å². The topological polar surface area (TPSA) is 146 Å². The zero-order valence-corrected chi connectivity index (χ0v) is 27.4. The molecule has 1 heterocycles. The highest BCUT2D eigenvalue weighted by atomic mass is 35.5. The van der Waals surface area contributed by atoms with Crippen LogP contribution in [0.2, 0.25) is 10.0 Å². The maximum atomic E-state index is 16.0. The third-order valence-electron chi connectivity index (χ3n) is 7.86. The quantitative estimate of drug-likeness (QED) is 0.165. The minimum atomic E-state index is -3.75. The normalized spacial score (nSPS) is 17.0. The van der Waals surface area contributed by atoms with Crippen molar-refractivity contribution in [1.29, 1.82) is 0 Å². The van der Waals surface area contributed by atoms with E-state index >= 15 is 8.78 Å². The molecule has 10 nitrogen and oxygen atoms in total. The van der Waals surface area contributed by atoms with Crippen LogP contribution >= 0.6 is 23.2 Å². The number of amides is 4. The Morgan fingerprint density at radius 3 is 2.31 bits per heavy atom. The Morgan fingerprint density at radius 2 is 1.69 bits per heavy atom. The first kappa shape index (κ1) is 36.6. The Kier molecular flexibility index (Phi) is 12.7. The molecule has 1 aliphatic heterocycles. The molecule has 4 amide bonds. The molecule has 5 atom stereocenters. The highest BCUT2D eigenvalue weighted by Gasteiger charge is 2.46. The summed E-state index contributed by atoms with van der Waals surface area (Å²) >= 11 is 12.0. The van der Waals surface area contributed by atoms with Crippen LogP contribution in [0.25, 0.3) is 0 Å². The molecule has 256 valence electrons. The maximum absolute atomic E-state index is 16.0. The lowest BCUT2D eigenvalue weighted by atomic mass is 9.94.